The Balaban J connectivity index is 2.16. The van der Waals surface area contributed by atoms with Crippen molar-refractivity contribution in [2.45, 2.75) is 6.92 Å². The number of carbonyl (C=O) groups is 1. The van der Waals surface area contributed by atoms with Gasteiger partial charge < -0.3 is 4.90 Å². The summed E-state index contributed by atoms with van der Waals surface area (Å²) >= 11 is 0. The van der Waals surface area contributed by atoms with Gasteiger partial charge in [0, 0.05) is 18.7 Å². The number of rotatable bonds is 6. The molecule has 70 valence electrons. The van der Waals surface area contributed by atoms with Crippen LogP contribution in [0, 0.1) is 0 Å². The van der Waals surface area contributed by atoms with E-state index in [9.17, 15) is 4.79 Å². The zero-order valence-corrected chi connectivity index (χ0v) is 7.73. The minimum Gasteiger partial charge on any atom is -0.333 e. The minimum atomic E-state index is 0.576. The van der Waals surface area contributed by atoms with Gasteiger partial charge in [-0.05, 0) is 6.92 Å². The molecule has 0 bridgehead atoms. The molecule has 1 aliphatic rings. The predicted molar refractivity (Wildman–Crippen MR) is 53.7 cm³/mol. The highest BCUT2D eigenvalue weighted by molar-refractivity contribution is 6.04. The Morgan fingerprint density at radius 3 is 3.08 bits per heavy atom. The molecule has 4 nitrogen and oxygen atoms in total. The molecular weight excluding hydrogens is 166 g/mol. The molecule has 1 N–H and O–H groups in total. The topological polar surface area (TPSA) is 46.4 Å². The summed E-state index contributed by atoms with van der Waals surface area (Å²) in [6.45, 7) is 3.95. The SMILES string of the molecule is CCN(C=O)CNCC1=[N+]=CC=C1. The van der Waals surface area contributed by atoms with E-state index in [1.165, 1.54) is 0 Å². The molecule has 1 heterocycles. The van der Waals surface area contributed by atoms with Gasteiger partial charge in [-0.3, -0.25) is 10.1 Å². The molecule has 4 heteroatoms. The van der Waals surface area contributed by atoms with Gasteiger partial charge >= 0.3 is 5.71 Å². The maximum absolute atomic E-state index is 10.4. The lowest BCUT2D eigenvalue weighted by Gasteiger charge is -2.13. The van der Waals surface area contributed by atoms with Crippen LogP contribution in [0.15, 0.2) is 12.2 Å². The van der Waals surface area contributed by atoms with E-state index in [-0.39, 0.29) is 0 Å². The average molecular weight is 180 g/mol. The van der Waals surface area contributed by atoms with Crippen LogP contribution in [0.2, 0.25) is 0 Å². The van der Waals surface area contributed by atoms with E-state index in [0.29, 0.717) is 13.2 Å². The highest BCUT2D eigenvalue weighted by Crippen LogP contribution is 1.80. The molecule has 1 aliphatic heterocycles. The van der Waals surface area contributed by atoms with Crippen molar-refractivity contribution in [2.24, 2.45) is 0 Å². The quantitative estimate of drug-likeness (QED) is 0.329. The van der Waals surface area contributed by atoms with Crippen molar-refractivity contribution < 1.29 is 4.79 Å². The zero-order chi connectivity index (χ0) is 9.52. The third-order valence-corrected chi connectivity index (χ3v) is 1.79. The predicted octanol–water partition coefficient (Wildman–Crippen LogP) is -0.839. The van der Waals surface area contributed by atoms with Crippen LogP contribution in [0.3, 0.4) is 0 Å². The first-order valence-corrected chi connectivity index (χ1v) is 4.33. The fourth-order valence-corrected chi connectivity index (χ4v) is 0.992. The number of hydrogen-bond acceptors (Lipinski definition) is 2. The van der Waals surface area contributed by atoms with Crippen molar-refractivity contribution in [1.82, 2.24) is 14.9 Å². The number of nitrogens with one attached hydrogen (secondary N) is 1. The molecule has 1 rings (SSSR count). The van der Waals surface area contributed by atoms with E-state index in [2.05, 4.69) is 9.98 Å². The van der Waals surface area contributed by atoms with Gasteiger partial charge in [0.05, 0.1) is 6.67 Å². The molecule has 13 heavy (non-hydrogen) atoms. The second-order valence-electron chi connectivity index (χ2n) is 2.72. The van der Waals surface area contributed by atoms with Gasteiger partial charge in [0.2, 0.25) is 6.41 Å². The normalized spacial score (nSPS) is 13.2. The van der Waals surface area contributed by atoms with Crippen molar-refractivity contribution in [3.8, 4) is 0 Å². The lowest BCUT2D eigenvalue weighted by molar-refractivity contribution is -0.118. The average Bonchev–Trinajstić information content (AvgIpc) is 2.65. The molecule has 0 atom stereocenters. The Morgan fingerprint density at radius 2 is 2.54 bits per heavy atom. The molecule has 1 amide bonds. The van der Waals surface area contributed by atoms with Crippen LogP contribution in [0.1, 0.15) is 6.92 Å². The summed E-state index contributed by atoms with van der Waals surface area (Å²) in [5.74, 6) is 0. The second kappa shape index (κ2) is 5.30. The Bertz CT molecular complexity index is 264. The monoisotopic (exact) mass is 180 g/mol. The maximum atomic E-state index is 10.4. The molecule has 0 aromatic rings. The first kappa shape index (κ1) is 9.71. The first-order valence-electron chi connectivity index (χ1n) is 4.33. The van der Waals surface area contributed by atoms with Crippen molar-refractivity contribution >= 4 is 18.3 Å². The van der Waals surface area contributed by atoms with E-state index in [0.717, 1.165) is 18.7 Å². The van der Waals surface area contributed by atoms with Crippen LogP contribution < -0.4 is 9.98 Å². The van der Waals surface area contributed by atoms with E-state index in [1.807, 2.05) is 19.1 Å². The summed E-state index contributed by atoms with van der Waals surface area (Å²) in [4.78, 5) is 12.1. The van der Waals surface area contributed by atoms with Crippen molar-refractivity contribution in [3.63, 3.8) is 0 Å². The van der Waals surface area contributed by atoms with E-state index in [1.54, 1.807) is 11.1 Å². The fourth-order valence-electron chi connectivity index (χ4n) is 0.992. The number of nitrogens with zero attached hydrogens (tertiary/aromatic N) is 2. The minimum absolute atomic E-state index is 0.576. The molecule has 0 aromatic heterocycles. The Labute approximate surface area is 77.7 Å². The molecule has 0 aliphatic carbocycles. The Kier molecular flexibility index (Phi) is 3.96. The zero-order valence-electron chi connectivity index (χ0n) is 7.73. The molecule has 0 saturated carbocycles. The van der Waals surface area contributed by atoms with Crippen LogP contribution in [0.5, 0.6) is 0 Å². The lowest BCUT2D eigenvalue weighted by atomic mass is 10.3. The molecule has 0 spiro atoms. The third kappa shape index (κ3) is 3.23. The third-order valence-electron chi connectivity index (χ3n) is 1.79. The Hall–Kier alpha value is -1.38. The standard InChI is InChI=1S/C9H14N3O/c1-2-12(8-13)7-10-6-9-4-3-5-11-9/h3-5,8,10H,2,6-7H2,1H3/q+1. The molecule has 0 radical (unpaired) electrons. The smallest absolute Gasteiger partial charge is 0.317 e. The summed E-state index contributed by atoms with van der Waals surface area (Å²) in [5.41, 5.74) is 1.00. The molecular formula is C9H14N3O+. The van der Waals surface area contributed by atoms with Gasteiger partial charge in [-0.15, -0.1) is 0 Å². The van der Waals surface area contributed by atoms with Crippen LogP contribution in [0.4, 0.5) is 0 Å². The largest absolute Gasteiger partial charge is 0.333 e. The molecule has 0 saturated heterocycles. The van der Waals surface area contributed by atoms with Crippen LogP contribution in [-0.4, -0.2) is 43.0 Å². The summed E-state index contributed by atoms with van der Waals surface area (Å²) in [5, 5.41) is 3.12. The van der Waals surface area contributed by atoms with E-state index < -0.39 is 0 Å². The van der Waals surface area contributed by atoms with Gasteiger partial charge in [-0.25, -0.2) is 0 Å². The van der Waals surface area contributed by atoms with Gasteiger partial charge in [0.25, 0.3) is 6.21 Å². The number of hydrogen-bond donors (Lipinski definition) is 1. The molecule has 0 unspecified atom stereocenters. The highest BCUT2D eigenvalue weighted by Gasteiger charge is 2.07. The lowest BCUT2D eigenvalue weighted by Crippen LogP contribution is -2.35. The van der Waals surface area contributed by atoms with Crippen molar-refractivity contribution in [3.05, 3.63) is 12.2 Å². The number of amides is 1. The first-order chi connectivity index (χ1) is 6.36. The van der Waals surface area contributed by atoms with Gasteiger partial charge in [-0.1, -0.05) is 4.67 Å². The maximum Gasteiger partial charge on any atom is 0.317 e. The van der Waals surface area contributed by atoms with Crippen LogP contribution >= 0.6 is 0 Å². The van der Waals surface area contributed by atoms with E-state index in [4.69, 9.17) is 0 Å². The van der Waals surface area contributed by atoms with Crippen LogP contribution in [0.25, 0.3) is 0 Å². The van der Waals surface area contributed by atoms with Gasteiger partial charge in [-0.2, -0.15) is 0 Å². The molecule has 0 aromatic carbocycles. The van der Waals surface area contributed by atoms with E-state index >= 15 is 0 Å². The highest BCUT2D eigenvalue weighted by atomic mass is 16.1. The Morgan fingerprint density at radius 1 is 1.69 bits per heavy atom. The number of allylic oxidation sites excluding steroid dienone is 1. The van der Waals surface area contributed by atoms with Crippen molar-refractivity contribution in [2.75, 3.05) is 19.8 Å². The van der Waals surface area contributed by atoms with Gasteiger partial charge in [0.1, 0.15) is 6.54 Å². The molecule has 0 fully saturated rings. The second-order valence-corrected chi connectivity index (χ2v) is 2.72. The fraction of sp³-hybridized carbons (Fsp3) is 0.444. The summed E-state index contributed by atoms with van der Waals surface area (Å²) < 4.78 is 4.10. The van der Waals surface area contributed by atoms with Crippen molar-refractivity contribution in [1.29, 1.82) is 0 Å². The number of carbonyl (C=O) groups excluding carboxylic acids is 1. The summed E-state index contributed by atoms with van der Waals surface area (Å²) in [6, 6.07) is 0. The summed E-state index contributed by atoms with van der Waals surface area (Å²) in [6.07, 6.45) is 6.44. The van der Waals surface area contributed by atoms with Crippen LogP contribution in [-0.2, 0) is 4.79 Å². The van der Waals surface area contributed by atoms with Gasteiger partial charge in [0.15, 0.2) is 0 Å². The summed E-state index contributed by atoms with van der Waals surface area (Å²) in [7, 11) is 0.